The number of carbonyl (C=O) groups is 1. The highest BCUT2D eigenvalue weighted by Gasteiger charge is 2.19. The first kappa shape index (κ1) is 14.7. The van der Waals surface area contributed by atoms with Gasteiger partial charge in [0.05, 0.1) is 16.8 Å². The lowest BCUT2D eigenvalue weighted by Gasteiger charge is -2.07. The van der Waals surface area contributed by atoms with Crippen molar-refractivity contribution in [3.05, 3.63) is 53.6 Å². The van der Waals surface area contributed by atoms with Crippen molar-refractivity contribution in [1.29, 1.82) is 5.26 Å². The van der Waals surface area contributed by atoms with Gasteiger partial charge in [-0.3, -0.25) is 4.79 Å². The zero-order chi connectivity index (χ0) is 16.6. The van der Waals surface area contributed by atoms with E-state index in [1.165, 1.54) is 12.4 Å². The summed E-state index contributed by atoms with van der Waals surface area (Å²) in [6, 6.07) is 6.85. The molecule has 23 heavy (non-hydrogen) atoms. The van der Waals surface area contributed by atoms with Crippen LogP contribution >= 0.6 is 0 Å². The number of hydrogen-bond donors (Lipinski definition) is 1. The van der Waals surface area contributed by atoms with Crippen LogP contribution in [0.25, 0.3) is 11.0 Å². The number of rotatable bonds is 3. The van der Waals surface area contributed by atoms with Crippen LogP contribution in [-0.4, -0.2) is 20.3 Å². The van der Waals surface area contributed by atoms with E-state index in [4.69, 9.17) is 11.0 Å². The van der Waals surface area contributed by atoms with Crippen molar-refractivity contribution in [1.82, 2.24) is 14.5 Å². The molecule has 1 aromatic carbocycles. The number of nitriles is 1. The average Bonchev–Trinajstić information content (AvgIpc) is 2.94. The lowest BCUT2D eigenvalue weighted by molar-refractivity contribution is 0.104. The van der Waals surface area contributed by atoms with Gasteiger partial charge in [-0.15, -0.1) is 0 Å². The second-order valence-corrected chi connectivity index (χ2v) is 5.55. The van der Waals surface area contributed by atoms with E-state index >= 15 is 0 Å². The number of aromatic nitrogens is 3. The minimum Gasteiger partial charge on any atom is -0.398 e. The van der Waals surface area contributed by atoms with Crippen molar-refractivity contribution >= 4 is 22.5 Å². The molecule has 0 spiro atoms. The zero-order valence-corrected chi connectivity index (χ0v) is 12.8. The van der Waals surface area contributed by atoms with E-state index in [-0.39, 0.29) is 11.8 Å². The Morgan fingerprint density at radius 2 is 2.17 bits per heavy atom. The van der Waals surface area contributed by atoms with Crippen LogP contribution in [0.1, 0.15) is 41.4 Å². The van der Waals surface area contributed by atoms with Crippen molar-refractivity contribution in [3.8, 4) is 6.07 Å². The van der Waals surface area contributed by atoms with Gasteiger partial charge in [-0.25, -0.2) is 9.97 Å². The molecule has 2 N–H and O–H groups in total. The molecule has 0 radical (unpaired) electrons. The highest BCUT2D eigenvalue weighted by molar-refractivity contribution is 6.16. The molecule has 0 fully saturated rings. The van der Waals surface area contributed by atoms with E-state index in [1.54, 1.807) is 24.5 Å². The molecule has 6 nitrogen and oxygen atoms in total. The Hall–Kier alpha value is -3.20. The molecule has 0 saturated carbocycles. The van der Waals surface area contributed by atoms with Gasteiger partial charge in [0.15, 0.2) is 5.78 Å². The molecule has 3 aromatic rings. The zero-order valence-electron chi connectivity index (χ0n) is 12.8. The second-order valence-electron chi connectivity index (χ2n) is 5.55. The van der Waals surface area contributed by atoms with E-state index in [1.807, 2.05) is 24.5 Å². The molecule has 0 bridgehead atoms. The van der Waals surface area contributed by atoms with Gasteiger partial charge in [0.25, 0.3) is 0 Å². The first-order valence-electron chi connectivity index (χ1n) is 7.17. The minimum atomic E-state index is -0.166. The smallest absolute Gasteiger partial charge is 0.195 e. The van der Waals surface area contributed by atoms with Gasteiger partial charge >= 0.3 is 0 Å². The van der Waals surface area contributed by atoms with Crippen LogP contribution in [0.4, 0.5) is 5.69 Å². The standard InChI is InChI=1S/C17H15N5O/c1-10(2)22-8-14(13-7-20-9-21-17(13)22)16(23)11-3-4-12(6-18)15(19)5-11/h3-5,7-10H,19H2,1-2H3. The SMILES string of the molecule is CC(C)n1cc(C(=O)c2ccc(C#N)c(N)c2)c2cncnc21. The molecule has 3 rings (SSSR count). The van der Waals surface area contributed by atoms with E-state index in [9.17, 15) is 4.79 Å². The number of benzene rings is 1. The van der Waals surface area contributed by atoms with Gasteiger partial charge < -0.3 is 10.3 Å². The third kappa shape index (κ3) is 2.42. The monoisotopic (exact) mass is 305 g/mol. The maximum Gasteiger partial charge on any atom is 0.195 e. The molecule has 2 heterocycles. The van der Waals surface area contributed by atoms with Crippen molar-refractivity contribution < 1.29 is 4.79 Å². The lowest BCUT2D eigenvalue weighted by atomic mass is 10.0. The van der Waals surface area contributed by atoms with Crippen molar-refractivity contribution in [2.75, 3.05) is 5.73 Å². The summed E-state index contributed by atoms with van der Waals surface area (Å²) in [5.41, 5.74) is 8.15. The summed E-state index contributed by atoms with van der Waals surface area (Å²) >= 11 is 0. The fraction of sp³-hybridized carbons (Fsp3) is 0.176. The highest BCUT2D eigenvalue weighted by Crippen LogP contribution is 2.25. The number of ketones is 1. The lowest BCUT2D eigenvalue weighted by Crippen LogP contribution is -2.03. The van der Waals surface area contributed by atoms with Crippen LogP contribution in [0.3, 0.4) is 0 Å². The summed E-state index contributed by atoms with van der Waals surface area (Å²) < 4.78 is 1.94. The first-order chi connectivity index (χ1) is 11.0. The van der Waals surface area contributed by atoms with E-state index in [0.717, 1.165) is 5.65 Å². The molecule has 0 atom stereocenters. The minimum absolute atomic E-state index is 0.166. The topological polar surface area (TPSA) is 97.6 Å². The van der Waals surface area contributed by atoms with Crippen molar-refractivity contribution in [3.63, 3.8) is 0 Å². The predicted octanol–water partition coefficient (Wildman–Crippen LogP) is 2.70. The van der Waals surface area contributed by atoms with E-state index < -0.39 is 0 Å². The predicted molar refractivity (Wildman–Crippen MR) is 86.9 cm³/mol. The number of nitrogen functional groups attached to an aromatic ring is 1. The Labute approximate surface area is 133 Å². The summed E-state index contributed by atoms with van der Waals surface area (Å²) in [7, 11) is 0. The highest BCUT2D eigenvalue weighted by atomic mass is 16.1. The van der Waals surface area contributed by atoms with Crippen LogP contribution in [0.15, 0.2) is 36.9 Å². The van der Waals surface area contributed by atoms with Gasteiger partial charge in [0, 0.05) is 29.4 Å². The number of anilines is 1. The third-order valence-electron chi connectivity index (χ3n) is 3.73. The molecule has 0 unspecified atom stereocenters. The normalized spacial score (nSPS) is 10.9. The Balaban J connectivity index is 2.15. The first-order valence-corrected chi connectivity index (χ1v) is 7.17. The Morgan fingerprint density at radius 1 is 1.39 bits per heavy atom. The number of hydrogen-bond acceptors (Lipinski definition) is 5. The molecular formula is C17H15N5O. The Kier molecular flexibility index (Phi) is 3.54. The van der Waals surface area contributed by atoms with Gasteiger partial charge in [-0.05, 0) is 32.0 Å². The fourth-order valence-corrected chi connectivity index (χ4v) is 2.52. The summed E-state index contributed by atoms with van der Waals surface area (Å²) in [6.07, 6.45) is 4.90. The van der Waals surface area contributed by atoms with Crippen molar-refractivity contribution in [2.24, 2.45) is 0 Å². The number of fused-ring (bicyclic) bond motifs is 1. The second kappa shape index (κ2) is 5.54. The average molecular weight is 305 g/mol. The van der Waals surface area contributed by atoms with Crippen molar-refractivity contribution in [2.45, 2.75) is 19.9 Å². The molecule has 2 aromatic heterocycles. The van der Waals surface area contributed by atoms with Crippen LogP contribution in [0.5, 0.6) is 0 Å². The summed E-state index contributed by atoms with van der Waals surface area (Å²) in [4.78, 5) is 21.1. The number of nitrogens with zero attached hydrogens (tertiary/aromatic N) is 4. The van der Waals surface area contributed by atoms with Crippen LogP contribution < -0.4 is 5.73 Å². The van der Waals surface area contributed by atoms with Gasteiger partial charge in [-0.1, -0.05) is 0 Å². The summed E-state index contributed by atoms with van der Waals surface area (Å²) in [5.74, 6) is -0.166. The molecular weight excluding hydrogens is 290 g/mol. The summed E-state index contributed by atoms with van der Waals surface area (Å²) in [6.45, 7) is 4.05. The van der Waals surface area contributed by atoms with Crippen LogP contribution in [-0.2, 0) is 0 Å². The maximum atomic E-state index is 12.8. The van der Waals surface area contributed by atoms with E-state index in [0.29, 0.717) is 27.8 Å². The van der Waals surface area contributed by atoms with Gasteiger partial charge in [-0.2, -0.15) is 5.26 Å². The fourth-order valence-electron chi connectivity index (χ4n) is 2.52. The molecule has 6 heteroatoms. The van der Waals surface area contributed by atoms with E-state index in [2.05, 4.69) is 9.97 Å². The summed E-state index contributed by atoms with van der Waals surface area (Å²) in [5, 5.41) is 9.64. The molecule has 0 aliphatic rings. The molecule has 0 saturated heterocycles. The quantitative estimate of drug-likeness (QED) is 0.592. The number of carbonyl (C=O) groups excluding carboxylic acids is 1. The van der Waals surface area contributed by atoms with Crippen LogP contribution in [0.2, 0.25) is 0 Å². The Bertz CT molecular complexity index is 949. The number of nitrogens with two attached hydrogens (primary N) is 1. The molecule has 114 valence electrons. The maximum absolute atomic E-state index is 12.8. The molecule has 0 aliphatic carbocycles. The Morgan fingerprint density at radius 3 is 2.83 bits per heavy atom. The van der Waals surface area contributed by atoms with Gasteiger partial charge in [0.2, 0.25) is 0 Å². The largest absolute Gasteiger partial charge is 0.398 e. The molecule has 0 aliphatic heterocycles. The van der Waals surface area contributed by atoms with Crippen LogP contribution in [0, 0.1) is 11.3 Å². The molecule has 0 amide bonds. The third-order valence-corrected chi connectivity index (χ3v) is 3.73. The van der Waals surface area contributed by atoms with Gasteiger partial charge in [0.1, 0.15) is 18.0 Å².